The number of likely N-dealkylation sites (N-methyl/N-ethyl adjacent to an activating group) is 1. The molecule has 0 saturated heterocycles. The molecule has 4 nitrogen and oxygen atoms in total. The number of nitrogens with zero attached hydrogens (tertiary/aromatic N) is 1. The maximum absolute atomic E-state index is 12.5. The summed E-state index contributed by atoms with van der Waals surface area (Å²) in [6, 6.07) is 12.8. The molecule has 0 fully saturated rings. The Kier molecular flexibility index (Phi) is 6.49. The average Bonchev–Trinajstić information content (AvgIpc) is 2.60. The Morgan fingerprint density at radius 3 is 2.00 bits per heavy atom. The van der Waals surface area contributed by atoms with E-state index in [0.717, 1.165) is 11.3 Å². The Hall–Kier alpha value is -2.70. The highest BCUT2D eigenvalue weighted by Gasteiger charge is 2.31. The van der Waals surface area contributed by atoms with E-state index in [1.807, 2.05) is 31.2 Å². The number of rotatable bonds is 7. The summed E-state index contributed by atoms with van der Waals surface area (Å²) in [5.74, 6) is 0.330. The highest BCUT2D eigenvalue weighted by atomic mass is 19.4. The number of carbonyl (C=O) groups is 1. The van der Waals surface area contributed by atoms with Crippen LogP contribution in [0.25, 0.3) is 0 Å². The monoisotopic (exact) mass is 367 g/mol. The number of hydrogen-bond acceptors (Lipinski definition) is 3. The number of ether oxygens (including phenoxy) is 2. The maximum atomic E-state index is 12.5. The molecule has 0 aliphatic heterocycles. The van der Waals surface area contributed by atoms with Gasteiger partial charge in [-0.1, -0.05) is 24.3 Å². The number of hydrogen-bond donors (Lipinski definition) is 0. The molecule has 0 radical (unpaired) electrons. The zero-order chi connectivity index (χ0) is 19.2. The molecular formula is C19H20F3NO3. The summed E-state index contributed by atoms with van der Waals surface area (Å²) in [7, 11) is 1.59. The summed E-state index contributed by atoms with van der Waals surface area (Å²) < 4.78 is 45.4. The minimum absolute atomic E-state index is 0.104. The van der Waals surface area contributed by atoms with E-state index in [0.29, 0.717) is 18.7 Å². The maximum Gasteiger partial charge on any atom is 0.573 e. The molecule has 140 valence electrons. The van der Waals surface area contributed by atoms with Crippen LogP contribution in [-0.4, -0.2) is 30.8 Å². The van der Waals surface area contributed by atoms with Crippen molar-refractivity contribution in [2.45, 2.75) is 26.3 Å². The predicted molar refractivity (Wildman–Crippen MR) is 90.9 cm³/mol. The lowest BCUT2D eigenvalue weighted by Gasteiger charge is -2.21. The van der Waals surface area contributed by atoms with Crippen LogP contribution in [0.4, 0.5) is 13.2 Å². The minimum Gasteiger partial charge on any atom is -0.497 e. The van der Waals surface area contributed by atoms with E-state index in [4.69, 9.17) is 4.74 Å². The quantitative estimate of drug-likeness (QED) is 0.737. The molecule has 0 aromatic heterocycles. The lowest BCUT2D eigenvalue weighted by molar-refractivity contribution is -0.274. The van der Waals surface area contributed by atoms with Gasteiger partial charge in [0.15, 0.2) is 0 Å². The van der Waals surface area contributed by atoms with Crippen LogP contribution in [0.3, 0.4) is 0 Å². The van der Waals surface area contributed by atoms with E-state index in [2.05, 4.69) is 4.74 Å². The molecule has 2 aromatic rings. The third kappa shape index (κ3) is 5.98. The van der Waals surface area contributed by atoms with E-state index < -0.39 is 6.36 Å². The Balaban J connectivity index is 1.97. The first-order chi connectivity index (χ1) is 12.3. The predicted octanol–water partition coefficient (Wildman–Crippen LogP) is 4.19. The molecule has 2 aromatic carbocycles. The first kappa shape index (κ1) is 19.6. The van der Waals surface area contributed by atoms with Crippen LogP contribution >= 0.6 is 0 Å². The number of alkyl halides is 3. The van der Waals surface area contributed by atoms with Crippen molar-refractivity contribution in [3.8, 4) is 11.5 Å². The van der Waals surface area contributed by atoms with Crippen LogP contribution in [0.15, 0.2) is 48.5 Å². The first-order valence-corrected chi connectivity index (χ1v) is 8.06. The molecule has 1 amide bonds. The Morgan fingerprint density at radius 1 is 0.962 bits per heavy atom. The molecule has 26 heavy (non-hydrogen) atoms. The molecule has 0 bridgehead atoms. The Morgan fingerprint density at radius 2 is 1.50 bits per heavy atom. The van der Waals surface area contributed by atoms with Crippen molar-refractivity contribution >= 4 is 5.91 Å². The molecule has 7 heteroatoms. The molecule has 0 unspecified atom stereocenters. The van der Waals surface area contributed by atoms with Crippen molar-refractivity contribution in [2.24, 2.45) is 0 Å². The van der Waals surface area contributed by atoms with Crippen LogP contribution < -0.4 is 9.47 Å². The third-order valence-electron chi connectivity index (χ3n) is 3.78. The largest absolute Gasteiger partial charge is 0.573 e. The summed E-state index contributed by atoms with van der Waals surface area (Å²) in [5, 5.41) is 0. The molecule has 0 aliphatic rings. The van der Waals surface area contributed by atoms with Crippen LogP contribution in [0.2, 0.25) is 0 Å². The van der Waals surface area contributed by atoms with Crippen molar-refractivity contribution in [2.75, 3.05) is 13.7 Å². The Bertz CT molecular complexity index is 712. The van der Waals surface area contributed by atoms with Crippen molar-refractivity contribution < 1.29 is 27.4 Å². The summed E-state index contributed by atoms with van der Waals surface area (Å²) in [5.41, 5.74) is 1.59. The molecule has 0 spiro atoms. The highest BCUT2D eigenvalue weighted by Crippen LogP contribution is 2.23. The summed E-state index contributed by atoms with van der Waals surface area (Å²) in [4.78, 5) is 14.2. The van der Waals surface area contributed by atoms with Gasteiger partial charge in [0.2, 0.25) is 5.91 Å². The SMILES string of the molecule is CCN(Cc1ccc(OC)cc1)C(=O)Cc1ccc(OC(F)(F)F)cc1. The molecule has 2 rings (SSSR count). The molecule has 0 atom stereocenters. The average molecular weight is 367 g/mol. The van der Waals surface area contributed by atoms with Gasteiger partial charge in [-0.05, 0) is 42.3 Å². The minimum atomic E-state index is -4.73. The van der Waals surface area contributed by atoms with Gasteiger partial charge < -0.3 is 14.4 Å². The smallest absolute Gasteiger partial charge is 0.497 e. The van der Waals surface area contributed by atoms with Gasteiger partial charge in [0, 0.05) is 13.1 Å². The van der Waals surface area contributed by atoms with E-state index in [1.165, 1.54) is 24.3 Å². The second kappa shape index (κ2) is 8.60. The second-order valence-corrected chi connectivity index (χ2v) is 5.62. The zero-order valence-corrected chi connectivity index (χ0v) is 14.5. The lowest BCUT2D eigenvalue weighted by atomic mass is 10.1. The number of carbonyl (C=O) groups excluding carboxylic acids is 1. The number of halogens is 3. The van der Waals surface area contributed by atoms with Gasteiger partial charge in [-0.25, -0.2) is 0 Å². The van der Waals surface area contributed by atoms with E-state index in [-0.39, 0.29) is 18.1 Å². The van der Waals surface area contributed by atoms with Crippen LogP contribution in [0.1, 0.15) is 18.1 Å². The third-order valence-corrected chi connectivity index (χ3v) is 3.78. The zero-order valence-electron chi connectivity index (χ0n) is 14.5. The highest BCUT2D eigenvalue weighted by molar-refractivity contribution is 5.78. The van der Waals surface area contributed by atoms with Gasteiger partial charge in [-0.15, -0.1) is 13.2 Å². The summed E-state index contributed by atoms with van der Waals surface area (Å²) >= 11 is 0. The van der Waals surface area contributed by atoms with Crippen molar-refractivity contribution in [3.63, 3.8) is 0 Å². The van der Waals surface area contributed by atoms with Crippen molar-refractivity contribution in [1.82, 2.24) is 4.90 Å². The summed E-state index contributed by atoms with van der Waals surface area (Å²) in [6.45, 7) is 2.86. The Labute approximate surface area is 150 Å². The van der Waals surface area contributed by atoms with Crippen LogP contribution in [0, 0.1) is 0 Å². The standard InChI is InChI=1S/C19H20F3NO3/c1-3-23(13-15-6-8-16(25-2)9-7-15)18(24)12-14-4-10-17(11-5-14)26-19(20,21)22/h4-11H,3,12-13H2,1-2H3. The van der Waals surface area contributed by atoms with Gasteiger partial charge in [-0.2, -0.15) is 0 Å². The van der Waals surface area contributed by atoms with Gasteiger partial charge >= 0.3 is 6.36 Å². The van der Waals surface area contributed by atoms with E-state index in [9.17, 15) is 18.0 Å². The molecule has 0 heterocycles. The number of methoxy groups -OCH3 is 1. The van der Waals surface area contributed by atoms with Gasteiger partial charge in [0.05, 0.1) is 13.5 Å². The lowest BCUT2D eigenvalue weighted by Crippen LogP contribution is -2.31. The number of amides is 1. The fraction of sp³-hybridized carbons (Fsp3) is 0.316. The topological polar surface area (TPSA) is 38.8 Å². The van der Waals surface area contributed by atoms with Gasteiger partial charge in [0.25, 0.3) is 0 Å². The van der Waals surface area contributed by atoms with Gasteiger partial charge in [0.1, 0.15) is 11.5 Å². The van der Waals surface area contributed by atoms with Crippen molar-refractivity contribution in [3.05, 3.63) is 59.7 Å². The van der Waals surface area contributed by atoms with E-state index >= 15 is 0 Å². The number of benzene rings is 2. The molecule has 0 N–H and O–H groups in total. The molecule has 0 saturated carbocycles. The van der Waals surface area contributed by atoms with Crippen LogP contribution in [0.5, 0.6) is 11.5 Å². The summed E-state index contributed by atoms with van der Waals surface area (Å²) in [6.07, 6.45) is -4.62. The van der Waals surface area contributed by atoms with Gasteiger partial charge in [-0.3, -0.25) is 4.79 Å². The first-order valence-electron chi connectivity index (χ1n) is 8.06. The fourth-order valence-corrected chi connectivity index (χ4v) is 2.42. The van der Waals surface area contributed by atoms with E-state index in [1.54, 1.807) is 12.0 Å². The molecule has 0 aliphatic carbocycles. The fourth-order valence-electron chi connectivity index (χ4n) is 2.42. The molecular weight excluding hydrogens is 347 g/mol. The normalized spacial score (nSPS) is 11.1. The van der Waals surface area contributed by atoms with Crippen LogP contribution in [-0.2, 0) is 17.8 Å². The second-order valence-electron chi connectivity index (χ2n) is 5.62. The van der Waals surface area contributed by atoms with Crippen molar-refractivity contribution in [1.29, 1.82) is 0 Å².